The molecule has 2 aromatic rings. The fourth-order valence-corrected chi connectivity index (χ4v) is 3.18. The average molecular weight is 269 g/mol. The first-order valence-electron chi connectivity index (χ1n) is 7.34. The molecule has 0 unspecified atom stereocenters. The molecule has 4 nitrogen and oxygen atoms in total. The van der Waals surface area contributed by atoms with Gasteiger partial charge in [-0.15, -0.1) is 0 Å². The normalized spacial score (nSPS) is 18.1. The van der Waals surface area contributed by atoms with Crippen molar-refractivity contribution in [2.75, 3.05) is 6.54 Å². The van der Waals surface area contributed by atoms with Crippen LogP contribution in [0.5, 0.6) is 0 Å². The third-order valence-electron chi connectivity index (χ3n) is 4.51. The van der Waals surface area contributed by atoms with Crippen molar-refractivity contribution in [2.24, 2.45) is 7.05 Å². The maximum Gasteiger partial charge on any atom is 0.317 e. The SMILES string of the molecule is Cn1c2c(c3ccccc31)CCN(C(=O)NC1CC1)C2. The number of amides is 2. The highest BCUT2D eigenvalue weighted by Gasteiger charge is 2.29. The number of para-hydroxylation sites is 1. The highest BCUT2D eigenvalue weighted by Crippen LogP contribution is 2.30. The molecule has 4 heteroatoms. The number of carbonyl (C=O) groups excluding carboxylic acids is 1. The van der Waals surface area contributed by atoms with E-state index in [1.54, 1.807) is 0 Å². The molecule has 2 amide bonds. The second kappa shape index (κ2) is 4.27. The van der Waals surface area contributed by atoms with Crippen LogP contribution < -0.4 is 5.32 Å². The number of hydrogen-bond acceptors (Lipinski definition) is 1. The van der Waals surface area contributed by atoms with Crippen molar-refractivity contribution in [3.8, 4) is 0 Å². The highest BCUT2D eigenvalue weighted by atomic mass is 16.2. The second-order valence-corrected chi connectivity index (χ2v) is 5.90. The first-order valence-corrected chi connectivity index (χ1v) is 7.34. The van der Waals surface area contributed by atoms with E-state index in [-0.39, 0.29) is 6.03 Å². The fraction of sp³-hybridized carbons (Fsp3) is 0.438. The van der Waals surface area contributed by atoms with Gasteiger partial charge in [0.2, 0.25) is 0 Å². The molecule has 4 rings (SSSR count). The lowest BCUT2D eigenvalue weighted by Gasteiger charge is -2.28. The largest absolute Gasteiger partial charge is 0.346 e. The minimum Gasteiger partial charge on any atom is -0.346 e. The minimum atomic E-state index is 0.100. The summed E-state index contributed by atoms with van der Waals surface area (Å²) in [6, 6.07) is 9.04. The number of rotatable bonds is 1. The number of fused-ring (bicyclic) bond motifs is 3. The molecule has 1 aliphatic carbocycles. The molecule has 0 spiro atoms. The molecule has 20 heavy (non-hydrogen) atoms. The molecule has 0 saturated heterocycles. The van der Waals surface area contributed by atoms with Crippen molar-refractivity contribution in [2.45, 2.75) is 31.8 Å². The number of benzene rings is 1. The number of hydrogen-bond donors (Lipinski definition) is 1. The van der Waals surface area contributed by atoms with Crippen molar-refractivity contribution < 1.29 is 4.79 Å². The van der Waals surface area contributed by atoms with Crippen molar-refractivity contribution in [1.29, 1.82) is 0 Å². The average Bonchev–Trinajstić information content (AvgIpc) is 3.25. The van der Waals surface area contributed by atoms with Gasteiger partial charge in [-0.3, -0.25) is 0 Å². The van der Waals surface area contributed by atoms with Crippen molar-refractivity contribution in [1.82, 2.24) is 14.8 Å². The standard InChI is InChI=1S/C16H19N3O/c1-18-14-5-3-2-4-12(14)13-8-9-19(10-15(13)18)16(20)17-11-6-7-11/h2-5,11H,6-10H2,1H3,(H,17,20). The van der Waals surface area contributed by atoms with Crippen molar-refractivity contribution >= 4 is 16.9 Å². The van der Waals surface area contributed by atoms with Crippen LogP contribution in [0.2, 0.25) is 0 Å². The third kappa shape index (κ3) is 1.79. The van der Waals surface area contributed by atoms with Crippen molar-refractivity contribution in [3.63, 3.8) is 0 Å². The minimum absolute atomic E-state index is 0.100. The Labute approximate surface area is 118 Å². The van der Waals surface area contributed by atoms with Gasteiger partial charge in [-0.1, -0.05) is 18.2 Å². The first-order chi connectivity index (χ1) is 9.74. The Kier molecular flexibility index (Phi) is 2.52. The number of nitrogens with one attached hydrogen (secondary N) is 1. The van der Waals surface area contributed by atoms with Crippen molar-refractivity contribution in [3.05, 3.63) is 35.5 Å². The summed E-state index contributed by atoms with van der Waals surface area (Å²) in [7, 11) is 2.10. The van der Waals surface area contributed by atoms with E-state index in [1.165, 1.54) is 22.2 Å². The Morgan fingerprint density at radius 3 is 2.90 bits per heavy atom. The molecule has 0 atom stereocenters. The summed E-state index contributed by atoms with van der Waals surface area (Å²) in [5.74, 6) is 0. The predicted molar refractivity (Wildman–Crippen MR) is 78.6 cm³/mol. The van der Waals surface area contributed by atoms with E-state index in [1.807, 2.05) is 4.90 Å². The molecule has 1 aliphatic heterocycles. The predicted octanol–water partition coefficient (Wildman–Crippen LogP) is 2.41. The van der Waals surface area contributed by atoms with Gasteiger partial charge in [-0.05, 0) is 30.9 Å². The van der Waals surface area contributed by atoms with E-state index in [9.17, 15) is 4.79 Å². The van der Waals surface area contributed by atoms with E-state index in [4.69, 9.17) is 0 Å². The molecule has 0 bridgehead atoms. The quantitative estimate of drug-likeness (QED) is 0.848. The van der Waals surface area contributed by atoms with Gasteiger partial charge in [-0.2, -0.15) is 0 Å². The van der Waals surface area contributed by atoms with E-state index < -0.39 is 0 Å². The molecule has 0 radical (unpaired) electrons. The third-order valence-corrected chi connectivity index (χ3v) is 4.51. The smallest absolute Gasteiger partial charge is 0.317 e. The van der Waals surface area contributed by atoms with E-state index in [0.29, 0.717) is 6.04 Å². The number of carbonyl (C=O) groups is 1. The zero-order valence-electron chi connectivity index (χ0n) is 11.7. The molecule has 1 N–H and O–H groups in total. The van der Waals surface area contributed by atoms with Gasteiger partial charge in [0.05, 0.1) is 6.54 Å². The maximum atomic E-state index is 12.2. The number of aromatic nitrogens is 1. The van der Waals surface area contributed by atoms with Gasteiger partial charge < -0.3 is 14.8 Å². The lowest BCUT2D eigenvalue weighted by Crippen LogP contribution is -2.43. The Morgan fingerprint density at radius 2 is 2.10 bits per heavy atom. The van der Waals surface area contributed by atoms with E-state index >= 15 is 0 Å². The van der Waals surface area contributed by atoms with Crippen LogP contribution in [0.4, 0.5) is 4.79 Å². The number of nitrogens with zero attached hydrogens (tertiary/aromatic N) is 2. The molecule has 1 aromatic carbocycles. The van der Waals surface area contributed by atoms with Crippen LogP contribution in [0.15, 0.2) is 24.3 Å². The Morgan fingerprint density at radius 1 is 1.30 bits per heavy atom. The van der Waals surface area contributed by atoms with Gasteiger partial charge in [0.25, 0.3) is 0 Å². The van der Waals surface area contributed by atoms with Gasteiger partial charge >= 0.3 is 6.03 Å². The number of aryl methyl sites for hydroxylation is 1. The Bertz CT molecular complexity index is 684. The summed E-state index contributed by atoms with van der Waals surface area (Å²) < 4.78 is 2.24. The molecule has 1 aromatic heterocycles. The van der Waals surface area contributed by atoms with E-state index in [0.717, 1.165) is 32.4 Å². The fourth-order valence-electron chi connectivity index (χ4n) is 3.18. The molecule has 2 heterocycles. The summed E-state index contributed by atoms with van der Waals surface area (Å²) in [6.45, 7) is 1.54. The Hall–Kier alpha value is -1.97. The molecular formula is C16H19N3O. The zero-order chi connectivity index (χ0) is 13.7. The van der Waals surface area contributed by atoms with Crippen LogP contribution in [-0.2, 0) is 20.0 Å². The summed E-state index contributed by atoms with van der Waals surface area (Å²) >= 11 is 0. The van der Waals surface area contributed by atoms with Crippen LogP contribution in [-0.4, -0.2) is 28.1 Å². The van der Waals surface area contributed by atoms with E-state index in [2.05, 4.69) is 41.2 Å². The van der Waals surface area contributed by atoms with Gasteiger partial charge in [0.15, 0.2) is 0 Å². The maximum absolute atomic E-state index is 12.2. The monoisotopic (exact) mass is 269 g/mol. The summed E-state index contributed by atoms with van der Waals surface area (Å²) in [4.78, 5) is 14.1. The van der Waals surface area contributed by atoms with Crippen LogP contribution in [0.1, 0.15) is 24.1 Å². The zero-order valence-corrected chi connectivity index (χ0v) is 11.7. The lowest BCUT2D eigenvalue weighted by molar-refractivity contribution is 0.190. The molecular weight excluding hydrogens is 250 g/mol. The van der Waals surface area contributed by atoms with Gasteiger partial charge in [-0.25, -0.2) is 4.79 Å². The van der Waals surface area contributed by atoms with Crippen LogP contribution in [0.3, 0.4) is 0 Å². The lowest BCUT2D eigenvalue weighted by atomic mass is 10.0. The first kappa shape index (κ1) is 11.8. The molecule has 1 saturated carbocycles. The number of urea groups is 1. The highest BCUT2D eigenvalue weighted by molar-refractivity contribution is 5.86. The Balaban J connectivity index is 1.66. The van der Waals surface area contributed by atoms with Crippen LogP contribution in [0, 0.1) is 0 Å². The summed E-state index contributed by atoms with van der Waals surface area (Å²) in [6.07, 6.45) is 3.23. The van der Waals surface area contributed by atoms with Crippen LogP contribution in [0.25, 0.3) is 10.9 Å². The summed E-state index contributed by atoms with van der Waals surface area (Å²) in [5, 5.41) is 4.43. The van der Waals surface area contributed by atoms with Gasteiger partial charge in [0, 0.05) is 36.2 Å². The topological polar surface area (TPSA) is 37.3 Å². The molecule has 104 valence electrons. The van der Waals surface area contributed by atoms with Gasteiger partial charge in [0.1, 0.15) is 0 Å². The summed E-state index contributed by atoms with van der Waals surface area (Å²) in [5.41, 5.74) is 3.96. The molecule has 2 aliphatic rings. The molecule has 1 fully saturated rings. The van der Waals surface area contributed by atoms with Crippen LogP contribution >= 0.6 is 0 Å². The second-order valence-electron chi connectivity index (χ2n) is 5.90.